The third-order valence-electron chi connectivity index (χ3n) is 5.00. The Bertz CT molecular complexity index is 1370. The van der Waals surface area contributed by atoms with E-state index in [1.165, 1.54) is 35.5 Å². The number of halogens is 3. The zero-order valence-corrected chi connectivity index (χ0v) is 20.5. The van der Waals surface area contributed by atoms with Crippen LogP contribution in [0, 0.1) is 0 Å². The monoisotopic (exact) mass is 531 g/mol. The summed E-state index contributed by atoms with van der Waals surface area (Å²) < 4.78 is 45.1. The Morgan fingerprint density at radius 2 is 1.83 bits per heavy atom. The molecule has 0 unspecified atom stereocenters. The Morgan fingerprint density at radius 1 is 1.08 bits per heavy atom. The van der Waals surface area contributed by atoms with Crippen LogP contribution in [0.3, 0.4) is 0 Å². The molecule has 0 atom stereocenters. The topological polar surface area (TPSA) is 81.1 Å². The molecule has 2 aromatic heterocycles. The van der Waals surface area contributed by atoms with Gasteiger partial charge in [0.1, 0.15) is 11.3 Å². The molecule has 4 aromatic rings. The van der Waals surface area contributed by atoms with Crippen molar-refractivity contribution in [1.82, 2.24) is 14.8 Å². The molecule has 0 amide bonds. The number of thiophene rings is 1. The van der Waals surface area contributed by atoms with Gasteiger partial charge < -0.3 is 10.1 Å². The lowest BCUT2D eigenvalue weighted by Crippen LogP contribution is -2.20. The van der Waals surface area contributed by atoms with E-state index in [0.29, 0.717) is 22.5 Å². The number of methoxy groups -OCH3 is 1. The third-order valence-corrected chi connectivity index (χ3v) is 6.25. The van der Waals surface area contributed by atoms with E-state index < -0.39 is 17.7 Å². The van der Waals surface area contributed by atoms with E-state index in [1.54, 1.807) is 12.1 Å². The van der Waals surface area contributed by atoms with Gasteiger partial charge in [-0.25, -0.2) is 14.5 Å². The molecule has 4 rings (SSSR count). The number of hydrogen-bond donors (Lipinski definition) is 2. The maximum atomic E-state index is 13.0. The molecule has 186 valence electrons. The van der Waals surface area contributed by atoms with Crippen LogP contribution in [-0.4, -0.2) is 33.0 Å². The second kappa shape index (κ2) is 10.9. The summed E-state index contributed by atoms with van der Waals surface area (Å²) >= 11 is 6.72. The number of thiocarbonyl (C=S) groups is 1. The molecule has 36 heavy (non-hydrogen) atoms. The average molecular weight is 532 g/mol. The van der Waals surface area contributed by atoms with Gasteiger partial charge in [-0.1, -0.05) is 42.5 Å². The molecular formula is C24H20F3N5O2S2. The number of esters is 1. The average Bonchev–Trinajstić information content (AvgIpc) is 3.45. The number of ether oxygens (including phenoxy) is 1. The van der Waals surface area contributed by atoms with Crippen LogP contribution in [0.4, 0.5) is 24.1 Å². The number of aromatic nitrogens is 3. The molecule has 2 aromatic carbocycles. The molecule has 2 heterocycles. The summed E-state index contributed by atoms with van der Waals surface area (Å²) in [5.41, 5.74) is 1.14. The smallest absolute Gasteiger partial charge is 0.416 e. The van der Waals surface area contributed by atoms with Gasteiger partial charge in [0.25, 0.3) is 0 Å². The zero-order chi connectivity index (χ0) is 25.7. The molecule has 2 N–H and O–H groups in total. The maximum absolute atomic E-state index is 13.0. The fourth-order valence-electron chi connectivity index (χ4n) is 3.38. The molecule has 0 saturated carbocycles. The number of nitrogens with zero attached hydrogens (tertiary/aromatic N) is 3. The van der Waals surface area contributed by atoms with E-state index in [2.05, 4.69) is 20.7 Å². The van der Waals surface area contributed by atoms with E-state index in [1.807, 2.05) is 30.3 Å². The predicted octanol–water partition coefficient (Wildman–Crippen LogP) is 5.59. The number of carbonyl (C=O) groups is 1. The van der Waals surface area contributed by atoms with Crippen molar-refractivity contribution in [3.05, 3.63) is 94.1 Å². The minimum Gasteiger partial charge on any atom is -0.465 e. The molecule has 7 nitrogen and oxygen atoms in total. The van der Waals surface area contributed by atoms with Gasteiger partial charge in [0.15, 0.2) is 5.11 Å². The van der Waals surface area contributed by atoms with Crippen molar-refractivity contribution in [2.45, 2.75) is 19.1 Å². The highest BCUT2D eigenvalue weighted by Crippen LogP contribution is 2.31. The first-order valence-electron chi connectivity index (χ1n) is 10.6. The van der Waals surface area contributed by atoms with Gasteiger partial charge in [-0.2, -0.15) is 13.2 Å². The summed E-state index contributed by atoms with van der Waals surface area (Å²) in [6, 6.07) is 16.6. The van der Waals surface area contributed by atoms with Crippen LogP contribution in [0.5, 0.6) is 0 Å². The number of hydrogen-bond acceptors (Lipinski definition) is 6. The fraction of sp³-hybridized carbons (Fsp3) is 0.167. The Hall–Kier alpha value is -3.77. The van der Waals surface area contributed by atoms with Crippen LogP contribution >= 0.6 is 23.6 Å². The molecule has 0 aliphatic carbocycles. The van der Waals surface area contributed by atoms with Gasteiger partial charge in [0.05, 0.1) is 24.8 Å². The Balaban J connectivity index is 1.42. The molecule has 0 spiro atoms. The number of anilines is 2. The number of nitrogens with one attached hydrogen (secondary N) is 2. The first kappa shape index (κ1) is 25.3. The number of alkyl halides is 3. The molecule has 0 bridgehead atoms. The normalized spacial score (nSPS) is 11.2. The van der Waals surface area contributed by atoms with Gasteiger partial charge >= 0.3 is 12.1 Å². The van der Waals surface area contributed by atoms with Crippen molar-refractivity contribution in [3.63, 3.8) is 0 Å². The summed E-state index contributed by atoms with van der Waals surface area (Å²) in [4.78, 5) is 17.3. The second-order valence-corrected chi connectivity index (χ2v) is 9.20. The second-order valence-electron chi connectivity index (χ2n) is 7.65. The van der Waals surface area contributed by atoms with E-state index in [4.69, 9.17) is 17.0 Å². The van der Waals surface area contributed by atoms with Crippen LogP contribution in [0.1, 0.15) is 31.9 Å². The largest absolute Gasteiger partial charge is 0.465 e. The van der Waals surface area contributed by atoms with Crippen molar-refractivity contribution >= 4 is 45.6 Å². The SMILES string of the molecule is COC(=O)c1cc(Cc2ccccc2)sc1NC(=S)Nc1ncn(Cc2cccc(C(F)(F)F)c2)n1. The van der Waals surface area contributed by atoms with Crippen molar-refractivity contribution in [1.29, 1.82) is 0 Å². The lowest BCUT2D eigenvalue weighted by Gasteiger charge is -2.09. The molecular weight excluding hydrogens is 511 g/mol. The number of rotatable bonds is 7. The van der Waals surface area contributed by atoms with E-state index in [9.17, 15) is 18.0 Å². The summed E-state index contributed by atoms with van der Waals surface area (Å²) in [7, 11) is 1.30. The van der Waals surface area contributed by atoms with Crippen LogP contribution in [0.2, 0.25) is 0 Å². The minimum atomic E-state index is -4.42. The minimum absolute atomic E-state index is 0.0963. The lowest BCUT2D eigenvalue weighted by atomic mass is 10.1. The summed E-state index contributed by atoms with van der Waals surface area (Å²) in [5, 5.41) is 10.7. The molecule has 0 aliphatic heterocycles. The molecule has 0 fully saturated rings. The Labute approximate surface area is 213 Å². The van der Waals surface area contributed by atoms with Crippen LogP contribution in [-0.2, 0) is 23.9 Å². The first-order valence-corrected chi connectivity index (χ1v) is 11.8. The first-order chi connectivity index (χ1) is 17.2. The van der Waals surface area contributed by atoms with Crippen molar-refractivity contribution in [2.75, 3.05) is 17.7 Å². The highest BCUT2D eigenvalue weighted by molar-refractivity contribution is 7.80. The third kappa shape index (κ3) is 6.46. The van der Waals surface area contributed by atoms with Crippen LogP contribution < -0.4 is 10.6 Å². The van der Waals surface area contributed by atoms with E-state index in [-0.39, 0.29) is 17.6 Å². The summed E-state index contributed by atoms with van der Waals surface area (Å²) in [6.45, 7) is 0.0963. The Kier molecular flexibility index (Phi) is 7.65. The van der Waals surface area contributed by atoms with Crippen LogP contribution in [0.15, 0.2) is 67.0 Å². The zero-order valence-electron chi connectivity index (χ0n) is 18.9. The standard InChI is InChI=1S/C24H20F3N5O2S2/c1-34-21(33)19-12-18(11-15-6-3-2-4-7-15)36-20(19)29-23(35)30-22-28-14-32(31-22)13-16-8-5-9-17(10-16)24(25,26)27/h2-10,12,14H,11,13H2,1H3,(H2,29,30,31,35). The lowest BCUT2D eigenvalue weighted by molar-refractivity contribution is -0.137. The molecule has 0 saturated heterocycles. The molecule has 12 heteroatoms. The molecule has 0 radical (unpaired) electrons. The van der Waals surface area contributed by atoms with Crippen molar-refractivity contribution in [2.24, 2.45) is 0 Å². The highest BCUT2D eigenvalue weighted by Gasteiger charge is 2.30. The van der Waals surface area contributed by atoms with Crippen molar-refractivity contribution < 1.29 is 22.7 Å². The predicted molar refractivity (Wildman–Crippen MR) is 135 cm³/mol. The summed E-state index contributed by atoms with van der Waals surface area (Å²) in [5.74, 6) is -0.348. The van der Waals surface area contributed by atoms with Gasteiger partial charge in [-0.3, -0.25) is 5.32 Å². The van der Waals surface area contributed by atoms with Gasteiger partial charge in [-0.05, 0) is 41.5 Å². The quantitative estimate of drug-likeness (QED) is 0.238. The van der Waals surface area contributed by atoms with Crippen molar-refractivity contribution in [3.8, 4) is 0 Å². The number of benzene rings is 2. The Morgan fingerprint density at radius 3 is 2.56 bits per heavy atom. The fourth-order valence-corrected chi connectivity index (χ4v) is 4.72. The van der Waals surface area contributed by atoms with Gasteiger partial charge in [0, 0.05) is 11.3 Å². The van der Waals surface area contributed by atoms with E-state index >= 15 is 0 Å². The van der Waals surface area contributed by atoms with E-state index in [0.717, 1.165) is 22.6 Å². The van der Waals surface area contributed by atoms with Gasteiger partial charge in [-0.15, -0.1) is 16.4 Å². The molecule has 0 aliphatic rings. The summed E-state index contributed by atoms with van der Waals surface area (Å²) in [6.07, 6.45) is -2.40. The maximum Gasteiger partial charge on any atom is 0.416 e. The number of carbonyl (C=O) groups excluding carboxylic acids is 1. The highest BCUT2D eigenvalue weighted by atomic mass is 32.1. The van der Waals surface area contributed by atoms with Crippen LogP contribution in [0.25, 0.3) is 0 Å². The van der Waals surface area contributed by atoms with Gasteiger partial charge in [0.2, 0.25) is 5.95 Å².